The van der Waals surface area contributed by atoms with Gasteiger partial charge in [0.1, 0.15) is 6.61 Å². The fraction of sp³-hybridized carbons (Fsp3) is 0.438. The summed E-state index contributed by atoms with van der Waals surface area (Å²) < 4.78 is 74.3. The molecule has 0 radical (unpaired) electrons. The lowest BCUT2D eigenvalue weighted by Crippen LogP contribution is -2.28. The molecule has 0 saturated carbocycles. The van der Waals surface area contributed by atoms with Gasteiger partial charge in [-0.15, -0.1) is 0 Å². The standard InChI is InChI=1S/C16H21N3O2/c1-19(2)6-5-12-9-17-15-4-3-11(8-14(12)15)7-13-10-21-16(20)18-13/h3-4,8-9,13,17H,5-7,10H2,1-2H3,(H,18,20)/t13-/m0/s1/i1D3,2D3,6D2,9D. The molecule has 5 heteroatoms. The van der Waals surface area contributed by atoms with Crippen LogP contribution < -0.4 is 5.32 Å². The minimum absolute atomic E-state index is 0.111. The van der Waals surface area contributed by atoms with Gasteiger partial charge in [0, 0.05) is 34.5 Å². The first-order valence-electron chi connectivity index (χ1n) is 11.0. The molecule has 1 fully saturated rings. The normalized spacial score (nSPS) is 26.4. The van der Waals surface area contributed by atoms with Gasteiger partial charge in [-0.2, -0.15) is 0 Å². The Labute approximate surface area is 136 Å². The number of likely N-dealkylation sites (N-methyl/N-ethyl adjacent to an activating group) is 1. The third-order valence-electron chi connectivity index (χ3n) is 3.39. The molecule has 0 unspecified atom stereocenters. The van der Waals surface area contributed by atoms with Crippen LogP contribution >= 0.6 is 0 Å². The summed E-state index contributed by atoms with van der Waals surface area (Å²) in [7, 11) is 0. The summed E-state index contributed by atoms with van der Waals surface area (Å²) in [5.41, 5.74) is 1.50. The summed E-state index contributed by atoms with van der Waals surface area (Å²) in [5.74, 6) is 0. The van der Waals surface area contributed by atoms with E-state index in [1.54, 1.807) is 18.2 Å². The molecule has 2 aromatic rings. The van der Waals surface area contributed by atoms with E-state index in [-0.39, 0.29) is 29.3 Å². The van der Waals surface area contributed by atoms with Crippen LogP contribution in [0, 0.1) is 0 Å². The summed E-state index contributed by atoms with van der Waals surface area (Å²) in [6.45, 7) is -8.95. The molecular weight excluding hydrogens is 266 g/mol. The van der Waals surface area contributed by atoms with Crippen LogP contribution in [0.4, 0.5) is 4.79 Å². The van der Waals surface area contributed by atoms with Gasteiger partial charge in [-0.3, -0.25) is 0 Å². The SMILES string of the molecule is [2H]c1[nH]c2ccc(C[C@H]3COC(=O)N3)cc2c1CC([2H])([2H])N(C([2H])([2H])[2H])C([2H])([2H])[2H]. The Morgan fingerprint density at radius 3 is 3.24 bits per heavy atom. The number of aryl methyl sites for hydroxylation is 1. The Morgan fingerprint density at radius 1 is 1.57 bits per heavy atom. The molecule has 2 N–H and O–H groups in total. The van der Waals surface area contributed by atoms with Crippen molar-refractivity contribution in [3.63, 3.8) is 0 Å². The van der Waals surface area contributed by atoms with E-state index in [0.29, 0.717) is 17.3 Å². The quantitative estimate of drug-likeness (QED) is 0.886. The van der Waals surface area contributed by atoms with E-state index in [2.05, 4.69) is 10.3 Å². The van der Waals surface area contributed by atoms with Gasteiger partial charge in [0.2, 0.25) is 0 Å². The van der Waals surface area contributed by atoms with Crippen LogP contribution in [-0.2, 0) is 17.6 Å². The van der Waals surface area contributed by atoms with E-state index in [0.717, 1.165) is 5.56 Å². The number of H-pyrrole nitrogens is 1. The molecule has 1 saturated heterocycles. The average Bonchev–Trinajstić information content (AvgIpc) is 3.08. The maximum absolute atomic E-state index is 11.2. The molecule has 3 rings (SSSR count). The number of amides is 1. The molecule has 2 heterocycles. The van der Waals surface area contributed by atoms with Gasteiger partial charge in [0.05, 0.1) is 7.41 Å². The van der Waals surface area contributed by atoms with Gasteiger partial charge in [0.15, 0.2) is 0 Å². The van der Waals surface area contributed by atoms with E-state index < -0.39 is 33.0 Å². The topological polar surface area (TPSA) is 57.4 Å². The number of cyclic esters (lactones) is 1. The number of alkyl carbamates (subject to hydrolysis) is 1. The second-order valence-electron chi connectivity index (χ2n) is 4.92. The third kappa shape index (κ3) is 3.19. The molecule has 0 spiro atoms. The number of carbonyl (C=O) groups is 1. The van der Waals surface area contributed by atoms with Crippen molar-refractivity contribution in [2.75, 3.05) is 27.1 Å². The number of hydrogen-bond acceptors (Lipinski definition) is 3. The number of nitrogens with one attached hydrogen (secondary N) is 2. The average molecular weight is 296 g/mol. The van der Waals surface area contributed by atoms with E-state index in [4.69, 9.17) is 17.1 Å². The van der Waals surface area contributed by atoms with E-state index in [1.807, 2.05) is 0 Å². The number of hydrogen-bond donors (Lipinski definition) is 2. The van der Waals surface area contributed by atoms with Crippen LogP contribution in [0.25, 0.3) is 10.9 Å². The Bertz CT molecular complexity index is 938. The number of aromatic amines is 1. The number of aromatic nitrogens is 1. The zero-order valence-corrected chi connectivity index (χ0v) is 11.2. The Morgan fingerprint density at radius 2 is 2.48 bits per heavy atom. The minimum atomic E-state index is -3.20. The molecule has 1 atom stereocenters. The predicted molar refractivity (Wildman–Crippen MR) is 82.5 cm³/mol. The van der Waals surface area contributed by atoms with E-state index in [9.17, 15) is 4.79 Å². The highest BCUT2D eigenvalue weighted by atomic mass is 16.6. The van der Waals surface area contributed by atoms with Crippen LogP contribution in [0.5, 0.6) is 0 Å². The summed E-state index contributed by atoms with van der Waals surface area (Å²) in [5, 5.41) is 3.15. The van der Waals surface area contributed by atoms with Gasteiger partial charge in [0.25, 0.3) is 0 Å². The van der Waals surface area contributed by atoms with Crippen molar-refractivity contribution in [3.8, 4) is 0 Å². The minimum Gasteiger partial charge on any atom is -0.447 e. The van der Waals surface area contributed by atoms with Crippen molar-refractivity contribution in [2.24, 2.45) is 0 Å². The predicted octanol–water partition coefficient (Wildman–Crippen LogP) is 1.92. The highest BCUT2D eigenvalue weighted by Crippen LogP contribution is 2.21. The van der Waals surface area contributed by atoms with Crippen LogP contribution in [-0.4, -0.2) is 49.1 Å². The van der Waals surface area contributed by atoms with Crippen molar-refractivity contribution in [3.05, 3.63) is 35.5 Å². The summed E-state index contributed by atoms with van der Waals surface area (Å²) in [6.07, 6.45) is -0.794. The third-order valence-corrected chi connectivity index (χ3v) is 3.39. The molecule has 1 aliphatic heterocycles. The zero-order valence-electron chi connectivity index (χ0n) is 20.2. The fourth-order valence-electron chi connectivity index (χ4n) is 2.41. The number of nitrogens with zero attached hydrogens (tertiary/aromatic N) is 1. The van der Waals surface area contributed by atoms with E-state index in [1.165, 1.54) is 0 Å². The highest BCUT2D eigenvalue weighted by Gasteiger charge is 2.22. The number of carbonyl (C=O) groups excluding carboxylic acids is 1. The van der Waals surface area contributed by atoms with Crippen molar-refractivity contribution >= 4 is 17.0 Å². The molecule has 21 heavy (non-hydrogen) atoms. The maximum Gasteiger partial charge on any atom is 0.407 e. The second-order valence-corrected chi connectivity index (χ2v) is 4.92. The van der Waals surface area contributed by atoms with Gasteiger partial charge < -0.3 is 19.9 Å². The molecule has 0 bridgehead atoms. The smallest absolute Gasteiger partial charge is 0.407 e. The maximum atomic E-state index is 11.2. The molecule has 112 valence electrons. The fourth-order valence-corrected chi connectivity index (χ4v) is 2.41. The van der Waals surface area contributed by atoms with E-state index >= 15 is 0 Å². The molecule has 5 nitrogen and oxygen atoms in total. The monoisotopic (exact) mass is 296 g/mol. The molecule has 1 aliphatic rings. The van der Waals surface area contributed by atoms with Crippen LogP contribution in [0.15, 0.2) is 24.4 Å². The van der Waals surface area contributed by atoms with Gasteiger partial charge in [-0.05, 0) is 50.1 Å². The number of ether oxygens (including phenoxy) is 1. The Hall–Kier alpha value is -2.01. The lowest BCUT2D eigenvalue weighted by Gasteiger charge is -2.09. The number of rotatable bonds is 5. The molecular formula is C16H21N3O2. The number of benzene rings is 1. The number of fused-ring (bicyclic) bond motifs is 1. The lowest BCUT2D eigenvalue weighted by atomic mass is 10.0. The first-order chi connectivity index (χ1) is 13.7. The lowest BCUT2D eigenvalue weighted by molar-refractivity contribution is 0.177. The molecule has 0 aliphatic carbocycles. The summed E-state index contributed by atoms with van der Waals surface area (Å²) in [6, 6.07) is 4.98. The summed E-state index contributed by atoms with van der Waals surface area (Å²) >= 11 is 0. The largest absolute Gasteiger partial charge is 0.447 e. The first-order valence-corrected chi connectivity index (χ1v) is 6.52. The highest BCUT2D eigenvalue weighted by molar-refractivity contribution is 5.84. The molecule has 1 aromatic carbocycles. The van der Waals surface area contributed by atoms with Crippen LogP contribution in [0.1, 0.15) is 23.5 Å². The second kappa shape index (κ2) is 5.77. The van der Waals surface area contributed by atoms with Crippen molar-refractivity contribution in [1.82, 2.24) is 15.2 Å². The zero-order chi connectivity index (χ0) is 22.5. The Kier molecular flexibility index (Phi) is 1.88. The van der Waals surface area contributed by atoms with Crippen molar-refractivity contribution in [1.29, 1.82) is 0 Å². The van der Waals surface area contributed by atoms with Gasteiger partial charge in [-0.25, -0.2) is 4.79 Å². The van der Waals surface area contributed by atoms with Crippen molar-refractivity contribution < 1.29 is 21.9 Å². The Balaban J connectivity index is 1.95. The van der Waals surface area contributed by atoms with Crippen molar-refractivity contribution in [2.45, 2.75) is 18.9 Å². The summed E-state index contributed by atoms with van der Waals surface area (Å²) in [4.78, 5) is 13.9. The van der Waals surface area contributed by atoms with Crippen LogP contribution in [0.3, 0.4) is 0 Å². The first kappa shape index (κ1) is 6.83. The molecule has 1 amide bonds. The van der Waals surface area contributed by atoms with Gasteiger partial charge >= 0.3 is 6.09 Å². The van der Waals surface area contributed by atoms with Crippen LogP contribution in [0.2, 0.25) is 0 Å². The molecule has 1 aromatic heterocycles. The van der Waals surface area contributed by atoms with Gasteiger partial charge in [-0.1, -0.05) is 6.07 Å².